The third-order valence-corrected chi connectivity index (χ3v) is 12.2. The summed E-state index contributed by atoms with van der Waals surface area (Å²) in [5.41, 5.74) is -1.19. The van der Waals surface area contributed by atoms with Crippen molar-refractivity contribution in [3.63, 3.8) is 0 Å². The lowest BCUT2D eigenvalue weighted by molar-refractivity contribution is -0.301. The molecule has 0 saturated carbocycles. The van der Waals surface area contributed by atoms with Gasteiger partial charge in [-0.1, -0.05) is 27.7 Å². The Bertz CT molecular complexity index is 1420. The lowest BCUT2D eigenvalue weighted by Crippen LogP contribution is -2.58. The number of hydrogen-bond acceptors (Lipinski definition) is 16. The topological polar surface area (TPSA) is 184 Å². The molecule has 0 unspecified atom stereocenters. The zero-order valence-corrected chi connectivity index (χ0v) is 36.2. The van der Waals surface area contributed by atoms with Gasteiger partial charge < -0.3 is 52.3 Å². The third kappa shape index (κ3) is 11.3. The van der Waals surface area contributed by atoms with Crippen LogP contribution in [0.2, 0.25) is 0 Å². The molecule has 4 rings (SSSR count). The van der Waals surface area contributed by atoms with Crippen molar-refractivity contribution in [1.29, 1.82) is 0 Å². The summed E-state index contributed by atoms with van der Waals surface area (Å²) in [5, 5.41) is 0. The molecule has 0 aromatic rings. The Morgan fingerprint density at radius 3 is 1.82 bits per heavy atom. The van der Waals surface area contributed by atoms with E-state index in [0.717, 1.165) is 0 Å². The Morgan fingerprint density at radius 1 is 0.702 bits per heavy atom. The van der Waals surface area contributed by atoms with Crippen molar-refractivity contribution >= 4 is 29.7 Å². The number of epoxide rings is 1. The summed E-state index contributed by atoms with van der Waals surface area (Å²) in [6.45, 7) is 18.5. The van der Waals surface area contributed by atoms with Crippen LogP contribution in [0.5, 0.6) is 0 Å². The van der Waals surface area contributed by atoms with Crippen molar-refractivity contribution < 1.29 is 71.3 Å². The number of nitrogens with zero attached hydrogens (tertiary/aromatic N) is 1. The third-order valence-electron chi connectivity index (χ3n) is 12.2. The Morgan fingerprint density at radius 2 is 1.28 bits per heavy atom. The summed E-state index contributed by atoms with van der Waals surface area (Å²) in [6, 6.07) is -0.247. The molecule has 4 aliphatic rings. The fourth-order valence-corrected chi connectivity index (χ4v) is 8.93. The van der Waals surface area contributed by atoms with Crippen molar-refractivity contribution in [1.82, 2.24) is 4.90 Å². The van der Waals surface area contributed by atoms with Crippen LogP contribution in [0, 0.1) is 29.6 Å². The van der Waals surface area contributed by atoms with E-state index in [1.54, 1.807) is 34.6 Å². The predicted octanol–water partition coefficient (Wildman–Crippen LogP) is 3.62. The SMILES string of the molecule is CO[C@@H]1C[C@H](O[C@H]2[C@H](C)[C@H](O[C@@H]3O[C@@H](C)C[C@@H](N(C)C)[C@H]3OC(C)=O)[C@H](C)C[C@]3(CO3)C(=O)[C@H](C)[C@H](OC(C)=O)[C@H](C)[C@H](C)OC(=O)[C@@H]2C)O[C@H](C)[C@H]1OC(C)=O. The van der Waals surface area contributed by atoms with Crippen LogP contribution in [0.1, 0.15) is 95.4 Å². The summed E-state index contributed by atoms with van der Waals surface area (Å²) in [6.07, 6.45) is -7.35. The van der Waals surface area contributed by atoms with Gasteiger partial charge in [0.25, 0.3) is 0 Å². The summed E-state index contributed by atoms with van der Waals surface area (Å²) < 4.78 is 61.5. The summed E-state index contributed by atoms with van der Waals surface area (Å²) in [5.74, 6) is -5.69. The smallest absolute Gasteiger partial charge is 0.311 e. The number of ketones is 1. The molecule has 4 heterocycles. The molecule has 1 spiro atoms. The van der Waals surface area contributed by atoms with Crippen LogP contribution in [-0.2, 0) is 71.3 Å². The Labute approximate surface area is 337 Å². The zero-order chi connectivity index (χ0) is 42.7. The molecule has 326 valence electrons. The molecule has 18 atom stereocenters. The van der Waals surface area contributed by atoms with Gasteiger partial charge in [0.2, 0.25) is 0 Å². The molecular weight excluding hydrogens is 746 g/mol. The number of methoxy groups -OCH3 is 1. The van der Waals surface area contributed by atoms with Gasteiger partial charge in [0.05, 0.1) is 48.9 Å². The molecule has 0 aliphatic carbocycles. The fraction of sp³-hybridized carbons (Fsp3) is 0.878. The minimum absolute atomic E-state index is 0.162. The fourth-order valence-electron chi connectivity index (χ4n) is 8.93. The average molecular weight is 814 g/mol. The maximum Gasteiger partial charge on any atom is 0.311 e. The van der Waals surface area contributed by atoms with Crippen LogP contribution >= 0.6 is 0 Å². The van der Waals surface area contributed by atoms with E-state index in [4.69, 9.17) is 47.4 Å². The number of esters is 4. The molecular formula is C41H67NO15. The van der Waals surface area contributed by atoms with E-state index in [1.807, 2.05) is 39.8 Å². The van der Waals surface area contributed by atoms with Crippen molar-refractivity contribution in [2.24, 2.45) is 29.6 Å². The minimum atomic E-state index is -1.19. The summed E-state index contributed by atoms with van der Waals surface area (Å²) in [4.78, 5) is 67.4. The van der Waals surface area contributed by atoms with E-state index >= 15 is 0 Å². The Hall–Kier alpha value is -2.73. The summed E-state index contributed by atoms with van der Waals surface area (Å²) in [7, 11) is 5.31. The highest BCUT2D eigenvalue weighted by atomic mass is 16.7. The monoisotopic (exact) mass is 813 g/mol. The minimum Gasteiger partial charge on any atom is -0.462 e. The van der Waals surface area contributed by atoms with Crippen LogP contribution in [-0.4, -0.2) is 142 Å². The van der Waals surface area contributed by atoms with Gasteiger partial charge in [-0.05, 0) is 60.5 Å². The molecule has 0 amide bonds. The van der Waals surface area contributed by atoms with Crippen LogP contribution in [0.25, 0.3) is 0 Å². The van der Waals surface area contributed by atoms with Gasteiger partial charge in [0.1, 0.15) is 18.3 Å². The van der Waals surface area contributed by atoms with Gasteiger partial charge >= 0.3 is 23.9 Å². The number of carbonyl (C=O) groups is 5. The number of carbonyl (C=O) groups excluding carboxylic acids is 5. The first-order valence-electron chi connectivity index (χ1n) is 20.3. The van der Waals surface area contributed by atoms with Gasteiger partial charge in [-0.3, -0.25) is 24.0 Å². The van der Waals surface area contributed by atoms with E-state index in [1.165, 1.54) is 27.9 Å². The van der Waals surface area contributed by atoms with Gasteiger partial charge in [0.15, 0.2) is 36.2 Å². The highest BCUT2D eigenvalue weighted by molar-refractivity contribution is 5.92. The van der Waals surface area contributed by atoms with E-state index in [9.17, 15) is 24.0 Å². The average Bonchev–Trinajstić information content (AvgIpc) is 3.91. The maximum absolute atomic E-state index is 14.4. The number of ether oxygens (including phenoxy) is 10. The first-order chi connectivity index (χ1) is 26.6. The number of Topliss-reactive ketones (excluding diaryl/α,β-unsaturated/α-hetero) is 1. The molecule has 16 heteroatoms. The molecule has 0 aromatic carbocycles. The second-order valence-corrected chi connectivity index (χ2v) is 17.1. The van der Waals surface area contributed by atoms with Gasteiger partial charge in [-0.2, -0.15) is 0 Å². The zero-order valence-electron chi connectivity index (χ0n) is 36.2. The van der Waals surface area contributed by atoms with Crippen LogP contribution in [0.15, 0.2) is 0 Å². The highest BCUT2D eigenvalue weighted by Crippen LogP contribution is 2.44. The number of likely N-dealkylation sites (N-methyl/N-ethyl adjacent to an activating group) is 1. The standard InChI is InChI=1S/C41H67NO15/c1-19-17-41(18-49-41)38(46)23(5)34(53-27(9)43)21(3)25(7)52-39(47)24(6)35(56-32-16-31(48-14)36(26(8)51-32)54-28(10)44)22(4)33(19)57-40-37(55-29(11)45)30(42(12)13)15-20(2)50-40/h19-26,30-37,40H,15-18H2,1-14H3/t19-,20+,21-,22-,23-,24-,25+,26-,30-,31-,32+,33-,34-,35+,36-,37-,40+,41+/m1/s1. The van der Waals surface area contributed by atoms with E-state index in [0.29, 0.717) is 6.42 Å². The molecule has 0 bridgehead atoms. The van der Waals surface area contributed by atoms with Crippen molar-refractivity contribution in [3.05, 3.63) is 0 Å². The number of hydrogen-bond donors (Lipinski definition) is 0. The van der Waals surface area contributed by atoms with E-state index in [2.05, 4.69) is 0 Å². The van der Waals surface area contributed by atoms with E-state index in [-0.39, 0.29) is 37.4 Å². The second kappa shape index (κ2) is 19.6. The first kappa shape index (κ1) is 47.0. The van der Waals surface area contributed by atoms with Crippen molar-refractivity contribution in [2.45, 2.75) is 175 Å². The molecule has 0 radical (unpaired) electrons. The maximum atomic E-state index is 14.4. The number of rotatable bonds is 9. The van der Waals surface area contributed by atoms with Crippen molar-refractivity contribution in [2.75, 3.05) is 27.8 Å². The quantitative estimate of drug-likeness (QED) is 0.187. The summed E-state index contributed by atoms with van der Waals surface area (Å²) >= 11 is 0. The second-order valence-electron chi connectivity index (χ2n) is 17.1. The Kier molecular flexibility index (Phi) is 16.1. The molecule has 16 nitrogen and oxygen atoms in total. The van der Waals surface area contributed by atoms with Crippen molar-refractivity contribution in [3.8, 4) is 0 Å². The highest BCUT2D eigenvalue weighted by Gasteiger charge is 2.58. The molecule has 0 aromatic heterocycles. The van der Waals surface area contributed by atoms with Crippen LogP contribution < -0.4 is 0 Å². The normalized spacial score (nSPS) is 43.5. The van der Waals surface area contributed by atoms with Gasteiger partial charge in [0, 0.05) is 46.1 Å². The molecule has 4 saturated heterocycles. The molecule has 57 heavy (non-hydrogen) atoms. The van der Waals surface area contributed by atoms with Gasteiger partial charge in [-0.25, -0.2) is 0 Å². The van der Waals surface area contributed by atoms with Crippen LogP contribution in [0.4, 0.5) is 0 Å². The molecule has 4 aliphatic heterocycles. The largest absolute Gasteiger partial charge is 0.462 e. The molecule has 4 fully saturated rings. The van der Waals surface area contributed by atoms with Gasteiger partial charge in [-0.15, -0.1) is 0 Å². The molecule has 0 N–H and O–H groups in total. The lowest BCUT2D eigenvalue weighted by Gasteiger charge is -2.46. The Balaban J connectivity index is 1.82. The first-order valence-corrected chi connectivity index (χ1v) is 20.3. The predicted molar refractivity (Wildman–Crippen MR) is 202 cm³/mol. The van der Waals surface area contributed by atoms with Crippen LogP contribution in [0.3, 0.4) is 0 Å². The number of cyclic esters (lactones) is 1. The van der Waals surface area contributed by atoms with E-state index < -0.39 is 120 Å². The lowest BCUT2D eigenvalue weighted by atomic mass is 9.76.